The van der Waals surface area contributed by atoms with Crippen molar-refractivity contribution in [2.24, 2.45) is 0 Å². The van der Waals surface area contributed by atoms with Crippen LogP contribution in [0.2, 0.25) is 0 Å². The van der Waals surface area contributed by atoms with Gasteiger partial charge in [0, 0.05) is 25.6 Å². The predicted molar refractivity (Wildman–Crippen MR) is 81.8 cm³/mol. The molecule has 4 heteroatoms. The monoisotopic (exact) mass is 288 g/mol. The van der Waals surface area contributed by atoms with Crippen LogP contribution >= 0.6 is 0 Å². The van der Waals surface area contributed by atoms with Crippen molar-refractivity contribution in [2.75, 3.05) is 33.4 Å². The summed E-state index contributed by atoms with van der Waals surface area (Å²) in [6, 6.07) is 7.88. The average molecular weight is 288 g/mol. The molecule has 1 saturated heterocycles. The summed E-state index contributed by atoms with van der Waals surface area (Å²) in [6.07, 6.45) is 3.97. The first-order valence-corrected chi connectivity index (χ1v) is 8.14. The van der Waals surface area contributed by atoms with Gasteiger partial charge < -0.3 is 14.8 Å². The molecule has 1 N–H and O–H groups in total. The van der Waals surface area contributed by atoms with E-state index in [9.17, 15) is 0 Å². The van der Waals surface area contributed by atoms with E-state index in [1.54, 1.807) is 0 Å². The Morgan fingerprint density at radius 3 is 3.00 bits per heavy atom. The van der Waals surface area contributed by atoms with Crippen LogP contribution in [-0.4, -0.2) is 50.4 Å². The third kappa shape index (κ3) is 2.56. The Labute approximate surface area is 126 Å². The molecule has 1 saturated carbocycles. The minimum absolute atomic E-state index is 0.240. The molecule has 2 aliphatic heterocycles. The molecule has 114 valence electrons. The van der Waals surface area contributed by atoms with Crippen molar-refractivity contribution in [1.29, 1.82) is 0 Å². The lowest BCUT2D eigenvalue weighted by Gasteiger charge is -2.42. The summed E-state index contributed by atoms with van der Waals surface area (Å²) >= 11 is 0. The molecule has 0 amide bonds. The van der Waals surface area contributed by atoms with Gasteiger partial charge in [0.2, 0.25) is 0 Å². The van der Waals surface area contributed by atoms with E-state index in [0.717, 1.165) is 44.5 Å². The molecule has 1 aromatic rings. The number of nitrogens with one attached hydrogen (secondary N) is 1. The lowest BCUT2D eigenvalue weighted by molar-refractivity contribution is -0.0740. The summed E-state index contributed by atoms with van der Waals surface area (Å²) in [5, 5.41) is 3.29. The number of benzene rings is 1. The zero-order valence-corrected chi connectivity index (χ0v) is 12.7. The lowest BCUT2D eigenvalue weighted by atomic mass is 9.95. The second kappa shape index (κ2) is 5.59. The van der Waals surface area contributed by atoms with E-state index in [-0.39, 0.29) is 6.10 Å². The standard InChI is InChI=1S/C17H24N2O2/c1-18-11-16-17(19(7-9-21-16)14-3-4-14)13-2-5-15-12(10-13)6-8-20-15/h2,5,10,14,16-18H,3-4,6-9,11H2,1H3. The van der Waals surface area contributed by atoms with Gasteiger partial charge >= 0.3 is 0 Å². The Kier molecular flexibility index (Phi) is 3.61. The topological polar surface area (TPSA) is 33.7 Å². The average Bonchev–Trinajstić information content (AvgIpc) is 3.25. The Hall–Kier alpha value is -1.10. The van der Waals surface area contributed by atoms with Crippen molar-refractivity contribution < 1.29 is 9.47 Å². The third-order valence-corrected chi connectivity index (χ3v) is 4.87. The van der Waals surface area contributed by atoms with Crippen molar-refractivity contribution in [3.63, 3.8) is 0 Å². The van der Waals surface area contributed by atoms with Crippen LogP contribution in [0.4, 0.5) is 0 Å². The highest BCUT2D eigenvalue weighted by molar-refractivity contribution is 5.41. The first kappa shape index (κ1) is 13.6. The van der Waals surface area contributed by atoms with E-state index in [2.05, 4.69) is 28.4 Å². The molecule has 3 aliphatic rings. The van der Waals surface area contributed by atoms with Crippen molar-refractivity contribution in [3.8, 4) is 5.75 Å². The molecule has 0 bridgehead atoms. The molecule has 0 radical (unpaired) electrons. The van der Waals surface area contributed by atoms with Gasteiger partial charge in [-0.3, -0.25) is 4.90 Å². The summed E-state index contributed by atoms with van der Waals surface area (Å²) in [5.41, 5.74) is 2.75. The lowest BCUT2D eigenvalue weighted by Crippen LogP contribution is -2.49. The Balaban J connectivity index is 1.66. The SMILES string of the molecule is CNCC1OCCN(C2CC2)C1c1ccc2c(c1)CCO2. The van der Waals surface area contributed by atoms with Crippen LogP contribution < -0.4 is 10.1 Å². The summed E-state index contributed by atoms with van der Waals surface area (Å²) in [4.78, 5) is 2.67. The van der Waals surface area contributed by atoms with Gasteiger partial charge in [-0.25, -0.2) is 0 Å². The largest absolute Gasteiger partial charge is 0.493 e. The van der Waals surface area contributed by atoms with E-state index in [1.165, 1.54) is 24.0 Å². The molecule has 2 heterocycles. The number of ether oxygens (including phenoxy) is 2. The minimum Gasteiger partial charge on any atom is -0.493 e. The van der Waals surface area contributed by atoms with Gasteiger partial charge in [-0.1, -0.05) is 12.1 Å². The normalized spacial score (nSPS) is 29.2. The number of fused-ring (bicyclic) bond motifs is 1. The number of morpholine rings is 1. The summed E-state index contributed by atoms with van der Waals surface area (Å²) in [5.74, 6) is 1.07. The molecule has 0 aromatic heterocycles. The quantitative estimate of drug-likeness (QED) is 0.915. The van der Waals surface area contributed by atoms with Crippen LogP contribution in [0.3, 0.4) is 0 Å². The molecule has 1 aliphatic carbocycles. The van der Waals surface area contributed by atoms with Gasteiger partial charge in [0.25, 0.3) is 0 Å². The number of likely N-dealkylation sites (N-methyl/N-ethyl adjacent to an activating group) is 1. The van der Waals surface area contributed by atoms with E-state index in [1.807, 2.05) is 7.05 Å². The fourth-order valence-corrected chi connectivity index (χ4v) is 3.74. The molecule has 21 heavy (non-hydrogen) atoms. The summed E-state index contributed by atoms with van der Waals surface area (Å²) in [7, 11) is 2.01. The fourth-order valence-electron chi connectivity index (χ4n) is 3.74. The van der Waals surface area contributed by atoms with Gasteiger partial charge in [-0.15, -0.1) is 0 Å². The Bertz CT molecular complexity index is 514. The Morgan fingerprint density at radius 1 is 1.29 bits per heavy atom. The predicted octanol–water partition coefficient (Wildman–Crippen LogP) is 1.75. The zero-order valence-electron chi connectivity index (χ0n) is 12.7. The minimum atomic E-state index is 0.240. The van der Waals surface area contributed by atoms with Crippen molar-refractivity contribution >= 4 is 0 Å². The highest BCUT2D eigenvalue weighted by Crippen LogP contribution is 2.40. The van der Waals surface area contributed by atoms with Crippen LogP contribution in [0.25, 0.3) is 0 Å². The van der Waals surface area contributed by atoms with Crippen LogP contribution in [0.5, 0.6) is 5.75 Å². The van der Waals surface area contributed by atoms with Gasteiger partial charge in [0.05, 0.1) is 25.4 Å². The molecule has 2 unspecified atom stereocenters. The summed E-state index contributed by atoms with van der Waals surface area (Å²) in [6.45, 7) is 3.64. The molecular weight excluding hydrogens is 264 g/mol. The van der Waals surface area contributed by atoms with Gasteiger partial charge in [-0.2, -0.15) is 0 Å². The third-order valence-electron chi connectivity index (χ3n) is 4.87. The van der Waals surface area contributed by atoms with E-state index >= 15 is 0 Å². The van der Waals surface area contributed by atoms with E-state index in [4.69, 9.17) is 9.47 Å². The fraction of sp³-hybridized carbons (Fsp3) is 0.647. The molecule has 0 spiro atoms. The van der Waals surface area contributed by atoms with Crippen LogP contribution in [0.1, 0.15) is 30.0 Å². The Morgan fingerprint density at radius 2 is 2.19 bits per heavy atom. The second-order valence-corrected chi connectivity index (χ2v) is 6.35. The first-order valence-electron chi connectivity index (χ1n) is 8.14. The second-order valence-electron chi connectivity index (χ2n) is 6.35. The molecule has 4 rings (SSSR count). The maximum Gasteiger partial charge on any atom is 0.122 e. The number of hydrogen-bond acceptors (Lipinski definition) is 4. The smallest absolute Gasteiger partial charge is 0.122 e. The van der Waals surface area contributed by atoms with Crippen molar-refractivity contribution in [1.82, 2.24) is 10.2 Å². The highest BCUT2D eigenvalue weighted by atomic mass is 16.5. The van der Waals surface area contributed by atoms with Crippen LogP contribution in [0, 0.1) is 0 Å². The summed E-state index contributed by atoms with van der Waals surface area (Å²) < 4.78 is 11.7. The molecular formula is C17H24N2O2. The maximum absolute atomic E-state index is 6.08. The number of rotatable bonds is 4. The molecule has 1 aromatic carbocycles. The molecule has 2 fully saturated rings. The zero-order chi connectivity index (χ0) is 14.2. The van der Waals surface area contributed by atoms with E-state index in [0.29, 0.717) is 6.04 Å². The maximum atomic E-state index is 6.08. The molecule has 2 atom stereocenters. The van der Waals surface area contributed by atoms with Gasteiger partial charge in [0.15, 0.2) is 0 Å². The van der Waals surface area contributed by atoms with E-state index < -0.39 is 0 Å². The van der Waals surface area contributed by atoms with Gasteiger partial charge in [0.1, 0.15) is 5.75 Å². The van der Waals surface area contributed by atoms with Crippen molar-refractivity contribution in [3.05, 3.63) is 29.3 Å². The first-order chi connectivity index (χ1) is 10.4. The number of hydrogen-bond donors (Lipinski definition) is 1. The highest BCUT2D eigenvalue weighted by Gasteiger charge is 2.41. The van der Waals surface area contributed by atoms with Gasteiger partial charge in [-0.05, 0) is 37.1 Å². The number of nitrogens with zero attached hydrogens (tertiary/aromatic N) is 1. The van der Waals surface area contributed by atoms with Crippen LogP contribution in [0.15, 0.2) is 18.2 Å². The van der Waals surface area contributed by atoms with Crippen LogP contribution in [-0.2, 0) is 11.2 Å². The molecule has 4 nitrogen and oxygen atoms in total. The van der Waals surface area contributed by atoms with Crippen molar-refractivity contribution in [2.45, 2.75) is 37.5 Å².